The van der Waals surface area contributed by atoms with Gasteiger partial charge in [-0.15, -0.1) is 11.3 Å². The lowest BCUT2D eigenvalue weighted by Crippen LogP contribution is -2.37. The maximum absolute atomic E-state index is 11.9. The summed E-state index contributed by atoms with van der Waals surface area (Å²) in [4.78, 5) is 24.5. The van der Waals surface area contributed by atoms with E-state index in [0.29, 0.717) is 6.61 Å². The van der Waals surface area contributed by atoms with Crippen molar-refractivity contribution in [2.45, 2.75) is 27.4 Å². The molecule has 1 rings (SSSR count). The van der Waals surface area contributed by atoms with Crippen molar-refractivity contribution in [2.75, 3.05) is 13.2 Å². The second kappa shape index (κ2) is 6.66. The highest BCUT2D eigenvalue weighted by atomic mass is 32.1. The molecule has 4 nitrogen and oxygen atoms in total. The van der Waals surface area contributed by atoms with Crippen molar-refractivity contribution in [1.29, 1.82) is 0 Å². The summed E-state index contributed by atoms with van der Waals surface area (Å²) in [6, 6.07) is 3.86. The lowest BCUT2D eigenvalue weighted by atomic mass is 9.88. The predicted octanol–water partition coefficient (Wildman–Crippen LogP) is 2.42. The van der Waals surface area contributed by atoms with Crippen LogP contribution in [0.3, 0.4) is 0 Å². The van der Waals surface area contributed by atoms with Gasteiger partial charge in [0.1, 0.15) is 12.0 Å². The van der Waals surface area contributed by atoms with Gasteiger partial charge in [-0.2, -0.15) is 0 Å². The van der Waals surface area contributed by atoms with Crippen LogP contribution >= 0.6 is 11.3 Å². The van der Waals surface area contributed by atoms with Crippen LogP contribution in [-0.4, -0.2) is 25.0 Å². The van der Waals surface area contributed by atoms with Gasteiger partial charge in [0, 0.05) is 4.88 Å². The third kappa shape index (κ3) is 3.92. The molecule has 0 aliphatic rings. The third-order valence-corrected chi connectivity index (χ3v) is 3.39. The van der Waals surface area contributed by atoms with Crippen molar-refractivity contribution in [3.8, 4) is 0 Å². The summed E-state index contributed by atoms with van der Waals surface area (Å²) in [5.41, 5.74) is -1.15. The summed E-state index contributed by atoms with van der Waals surface area (Å²) in [5, 5.41) is 1.95. The fraction of sp³-hybridized carbons (Fsp3) is 0.538. The Morgan fingerprint density at radius 3 is 2.67 bits per heavy atom. The number of esters is 1. The van der Waals surface area contributed by atoms with Crippen LogP contribution in [0.15, 0.2) is 17.5 Å². The molecule has 0 unspecified atom stereocenters. The molecule has 5 heteroatoms. The smallest absolute Gasteiger partial charge is 0.319 e. The highest BCUT2D eigenvalue weighted by Crippen LogP contribution is 2.19. The molecule has 0 radical (unpaired) electrons. The number of Topliss-reactive ketones (excluding diaryl/α,β-unsaturated/α-hetero) is 1. The van der Waals surface area contributed by atoms with Gasteiger partial charge in [0.15, 0.2) is 5.78 Å². The molecule has 1 aromatic heterocycles. The minimum atomic E-state index is -1.15. The van der Waals surface area contributed by atoms with Gasteiger partial charge in [-0.05, 0) is 32.2 Å². The number of thiophene rings is 1. The summed E-state index contributed by atoms with van der Waals surface area (Å²) in [5.74, 6) is -0.771. The number of ketones is 1. The Morgan fingerprint density at radius 1 is 1.39 bits per heavy atom. The van der Waals surface area contributed by atoms with Gasteiger partial charge >= 0.3 is 5.97 Å². The normalized spacial score (nSPS) is 11.3. The number of rotatable bonds is 7. The Kier molecular flexibility index (Phi) is 5.50. The van der Waals surface area contributed by atoms with Crippen molar-refractivity contribution in [2.24, 2.45) is 5.41 Å². The van der Waals surface area contributed by atoms with Crippen molar-refractivity contribution in [1.82, 2.24) is 0 Å². The first kappa shape index (κ1) is 14.9. The number of hydrogen-bond donors (Lipinski definition) is 0. The van der Waals surface area contributed by atoms with E-state index in [1.165, 1.54) is 0 Å². The average Bonchev–Trinajstić information content (AvgIpc) is 2.82. The Bertz CT molecular complexity index is 395. The van der Waals surface area contributed by atoms with Crippen molar-refractivity contribution in [3.05, 3.63) is 22.4 Å². The molecule has 0 N–H and O–H groups in total. The third-order valence-electron chi connectivity index (χ3n) is 2.54. The lowest BCUT2D eigenvalue weighted by molar-refractivity contribution is -0.159. The first-order valence-corrected chi connectivity index (χ1v) is 6.67. The minimum absolute atomic E-state index is 0.0796. The fourth-order valence-corrected chi connectivity index (χ4v) is 1.89. The van der Waals surface area contributed by atoms with Gasteiger partial charge in [0.2, 0.25) is 0 Å². The van der Waals surface area contributed by atoms with Gasteiger partial charge in [-0.3, -0.25) is 9.59 Å². The van der Waals surface area contributed by atoms with E-state index >= 15 is 0 Å². The lowest BCUT2D eigenvalue weighted by Gasteiger charge is -2.20. The maximum atomic E-state index is 11.9. The Balaban J connectivity index is 2.41. The zero-order valence-electron chi connectivity index (χ0n) is 10.9. The SMILES string of the molecule is CCOC(=O)C(C)(C)C(=O)COCc1cccs1. The molecule has 0 atom stereocenters. The zero-order chi connectivity index (χ0) is 13.6. The van der Waals surface area contributed by atoms with Crippen LogP contribution < -0.4 is 0 Å². The first-order valence-electron chi connectivity index (χ1n) is 5.79. The van der Waals surface area contributed by atoms with E-state index in [4.69, 9.17) is 9.47 Å². The Morgan fingerprint density at radius 2 is 2.11 bits per heavy atom. The van der Waals surface area contributed by atoms with Crippen LogP contribution in [0.1, 0.15) is 25.6 Å². The van der Waals surface area contributed by atoms with E-state index in [2.05, 4.69) is 0 Å². The van der Waals surface area contributed by atoms with Gasteiger partial charge in [0.25, 0.3) is 0 Å². The predicted molar refractivity (Wildman–Crippen MR) is 69.4 cm³/mol. The highest BCUT2D eigenvalue weighted by molar-refractivity contribution is 7.09. The van der Waals surface area contributed by atoms with Crippen LogP contribution in [0.5, 0.6) is 0 Å². The van der Waals surface area contributed by atoms with E-state index in [1.807, 2.05) is 17.5 Å². The van der Waals surface area contributed by atoms with E-state index in [-0.39, 0.29) is 19.0 Å². The molecule has 18 heavy (non-hydrogen) atoms. The molecule has 0 aliphatic heterocycles. The van der Waals surface area contributed by atoms with E-state index in [1.54, 1.807) is 32.1 Å². The van der Waals surface area contributed by atoms with Crippen LogP contribution in [0.2, 0.25) is 0 Å². The van der Waals surface area contributed by atoms with Crippen LogP contribution in [0.4, 0.5) is 0 Å². The number of carbonyl (C=O) groups excluding carboxylic acids is 2. The number of carbonyl (C=O) groups is 2. The summed E-state index contributed by atoms with van der Waals surface area (Å²) in [7, 11) is 0. The van der Waals surface area contributed by atoms with Crippen LogP contribution in [0, 0.1) is 5.41 Å². The molecule has 0 saturated carbocycles. The minimum Gasteiger partial charge on any atom is -0.465 e. The molecular weight excluding hydrogens is 252 g/mol. The molecular formula is C13H18O4S. The van der Waals surface area contributed by atoms with Gasteiger partial charge in [0.05, 0.1) is 13.2 Å². The van der Waals surface area contributed by atoms with Crippen LogP contribution in [-0.2, 0) is 25.7 Å². The second-order valence-electron chi connectivity index (χ2n) is 4.34. The molecule has 0 bridgehead atoms. The van der Waals surface area contributed by atoms with E-state index < -0.39 is 11.4 Å². The summed E-state index contributed by atoms with van der Waals surface area (Å²) < 4.78 is 10.2. The molecule has 0 aliphatic carbocycles. The largest absolute Gasteiger partial charge is 0.465 e. The number of hydrogen-bond acceptors (Lipinski definition) is 5. The quantitative estimate of drug-likeness (QED) is 0.564. The first-order chi connectivity index (χ1) is 8.48. The van der Waals surface area contributed by atoms with Crippen molar-refractivity contribution in [3.63, 3.8) is 0 Å². The molecule has 0 spiro atoms. The Labute approximate surface area is 111 Å². The van der Waals surface area contributed by atoms with Gasteiger partial charge in [-0.25, -0.2) is 0 Å². The number of ether oxygens (including phenoxy) is 2. The molecule has 0 aromatic carbocycles. The van der Waals surface area contributed by atoms with Gasteiger partial charge in [-0.1, -0.05) is 6.07 Å². The van der Waals surface area contributed by atoms with E-state index in [9.17, 15) is 9.59 Å². The Hall–Kier alpha value is -1.20. The molecule has 0 fully saturated rings. The van der Waals surface area contributed by atoms with E-state index in [0.717, 1.165) is 4.88 Å². The average molecular weight is 270 g/mol. The van der Waals surface area contributed by atoms with Gasteiger partial charge < -0.3 is 9.47 Å². The summed E-state index contributed by atoms with van der Waals surface area (Å²) in [6.07, 6.45) is 0. The molecule has 1 aromatic rings. The standard InChI is InChI=1S/C13H18O4S/c1-4-17-12(15)13(2,3)11(14)9-16-8-10-6-5-7-18-10/h5-7H,4,8-9H2,1-3H3. The molecule has 1 heterocycles. The second-order valence-corrected chi connectivity index (χ2v) is 5.37. The van der Waals surface area contributed by atoms with Crippen molar-refractivity contribution < 1.29 is 19.1 Å². The summed E-state index contributed by atoms with van der Waals surface area (Å²) in [6.45, 7) is 5.41. The monoisotopic (exact) mass is 270 g/mol. The topological polar surface area (TPSA) is 52.6 Å². The molecule has 100 valence electrons. The maximum Gasteiger partial charge on any atom is 0.319 e. The molecule has 0 amide bonds. The zero-order valence-corrected chi connectivity index (χ0v) is 11.7. The summed E-state index contributed by atoms with van der Waals surface area (Å²) >= 11 is 1.57. The van der Waals surface area contributed by atoms with Crippen molar-refractivity contribution >= 4 is 23.1 Å². The van der Waals surface area contributed by atoms with Crippen LogP contribution in [0.25, 0.3) is 0 Å². The molecule has 0 saturated heterocycles. The fourth-order valence-electron chi connectivity index (χ4n) is 1.24. The highest BCUT2D eigenvalue weighted by Gasteiger charge is 2.37.